The fourth-order valence-electron chi connectivity index (χ4n) is 4.42. The summed E-state index contributed by atoms with van der Waals surface area (Å²) >= 11 is 3.48. The average Bonchev–Trinajstić information content (AvgIpc) is 3.06. The highest BCUT2D eigenvalue weighted by molar-refractivity contribution is 9.09. The summed E-state index contributed by atoms with van der Waals surface area (Å²) in [5, 5.41) is 3.88. The molecular formula is C25H22BrF2NO. The third kappa shape index (κ3) is 3.56. The smallest absolute Gasteiger partial charge is 0.235 e. The Morgan fingerprint density at radius 3 is 2.10 bits per heavy atom. The number of hydrogen-bond donors (Lipinski definition) is 1. The summed E-state index contributed by atoms with van der Waals surface area (Å²) in [6.07, 6.45) is 2.52. The number of carbonyl (C=O) groups excluding carboxylic acids is 1. The molecule has 0 saturated carbocycles. The van der Waals surface area contributed by atoms with Gasteiger partial charge in [0.2, 0.25) is 5.91 Å². The van der Waals surface area contributed by atoms with Crippen LogP contribution >= 0.6 is 15.9 Å². The molecule has 0 unspecified atom stereocenters. The third-order valence-electron chi connectivity index (χ3n) is 5.82. The van der Waals surface area contributed by atoms with Crippen molar-refractivity contribution in [3.05, 3.63) is 95.1 Å². The second-order valence-electron chi connectivity index (χ2n) is 7.57. The van der Waals surface area contributed by atoms with Crippen molar-refractivity contribution < 1.29 is 13.6 Å². The topological polar surface area (TPSA) is 29.1 Å². The molecule has 0 radical (unpaired) electrons. The first-order valence-electron chi connectivity index (χ1n) is 10.1. The van der Waals surface area contributed by atoms with Crippen molar-refractivity contribution in [3.8, 4) is 11.1 Å². The zero-order valence-corrected chi connectivity index (χ0v) is 18.0. The molecule has 0 saturated heterocycles. The van der Waals surface area contributed by atoms with Gasteiger partial charge in [-0.15, -0.1) is 0 Å². The van der Waals surface area contributed by atoms with E-state index in [1.807, 2.05) is 36.4 Å². The van der Waals surface area contributed by atoms with Gasteiger partial charge in [0.25, 0.3) is 0 Å². The summed E-state index contributed by atoms with van der Waals surface area (Å²) in [5.74, 6) is -1.92. The Morgan fingerprint density at radius 2 is 1.50 bits per heavy atom. The summed E-state index contributed by atoms with van der Waals surface area (Å²) in [5.41, 5.74) is 3.89. The van der Waals surface area contributed by atoms with Crippen LogP contribution in [-0.2, 0) is 16.8 Å². The van der Waals surface area contributed by atoms with Crippen molar-refractivity contribution in [1.82, 2.24) is 5.32 Å². The quantitative estimate of drug-likeness (QED) is 0.328. The van der Waals surface area contributed by atoms with E-state index in [2.05, 4.69) is 33.4 Å². The highest BCUT2D eigenvalue weighted by atomic mass is 79.9. The van der Waals surface area contributed by atoms with E-state index in [1.165, 1.54) is 6.07 Å². The molecule has 0 bridgehead atoms. The molecule has 30 heavy (non-hydrogen) atoms. The van der Waals surface area contributed by atoms with Crippen molar-refractivity contribution in [2.45, 2.75) is 31.2 Å². The number of nitrogens with one attached hydrogen (secondary N) is 1. The summed E-state index contributed by atoms with van der Waals surface area (Å²) in [7, 11) is 0. The lowest BCUT2D eigenvalue weighted by atomic mass is 9.73. The average molecular weight is 470 g/mol. The Balaban J connectivity index is 1.72. The van der Waals surface area contributed by atoms with Gasteiger partial charge in [-0.1, -0.05) is 76.9 Å². The molecule has 0 heterocycles. The Hall–Kier alpha value is -2.53. The standard InChI is InChI=1S/C25H22BrF2NO/c26-14-6-5-13-25(24(30)29-16-17-11-12-22(27)23(28)15-17)20-9-3-1-7-18(20)19-8-2-4-10-21(19)25/h1-4,7-12,15H,5-6,13-14,16H2,(H,29,30). The van der Waals surface area contributed by atoms with Gasteiger partial charge < -0.3 is 5.32 Å². The van der Waals surface area contributed by atoms with Gasteiger partial charge in [-0.05, 0) is 52.8 Å². The summed E-state index contributed by atoms with van der Waals surface area (Å²) in [6.45, 7) is 0.139. The van der Waals surface area contributed by atoms with Gasteiger partial charge in [0.05, 0.1) is 0 Å². The number of carbonyl (C=O) groups is 1. The summed E-state index contributed by atoms with van der Waals surface area (Å²) in [4.78, 5) is 13.7. The number of rotatable bonds is 7. The largest absolute Gasteiger partial charge is 0.351 e. The van der Waals surface area contributed by atoms with E-state index in [9.17, 15) is 13.6 Å². The van der Waals surface area contributed by atoms with Crippen LogP contribution in [0.1, 0.15) is 36.0 Å². The molecule has 154 valence electrons. The maximum Gasteiger partial charge on any atom is 0.235 e. The molecule has 1 N–H and O–H groups in total. The molecule has 1 amide bonds. The molecular weight excluding hydrogens is 448 g/mol. The second-order valence-corrected chi connectivity index (χ2v) is 8.37. The fraction of sp³-hybridized carbons (Fsp3) is 0.240. The van der Waals surface area contributed by atoms with Crippen LogP contribution < -0.4 is 5.32 Å². The van der Waals surface area contributed by atoms with Crippen LogP contribution in [0.15, 0.2) is 66.7 Å². The zero-order chi connectivity index (χ0) is 21.1. The van der Waals surface area contributed by atoms with Crippen LogP contribution in [0.2, 0.25) is 0 Å². The molecule has 5 heteroatoms. The van der Waals surface area contributed by atoms with Gasteiger partial charge >= 0.3 is 0 Å². The predicted molar refractivity (Wildman–Crippen MR) is 119 cm³/mol. The maximum atomic E-state index is 13.7. The minimum absolute atomic E-state index is 0.112. The lowest BCUT2D eigenvalue weighted by Gasteiger charge is -2.31. The molecule has 1 aliphatic carbocycles. The Bertz CT molecular complexity index is 1040. The lowest BCUT2D eigenvalue weighted by Crippen LogP contribution is -2.44. The Labute approximate surface area is 183 Å². The Morgan fingerprint density at radius 1 is 0.867 bits per heavy atom. The van der Waals surface area contributed by atoms with Gasteiger partial charge in [0, 0.05) is 11.9 Å². The van der Waals surface area contributed by atoms with Gasteiger partial charge in [0.15, 0.2) is 11.6 Å². The van der Waals surface area contributed by atoms with Crippen LogP contribution in [-0.4, -0.2) is 11.2 Å². The molecule has 2 nitrogen and oxygen atoms in total. The monoisotopic (exact) mass is 469 g/mol. The van der Waals surface area contributed by atoms with Crippen LogP contribution in [0.4, 0.5) is 8.78 Å². The predicted octanol–water partition coefficient (Wildman–Crippen LogP) is 6.11. The zero-order valence-electron chi connectivity index (χ0n) is 16.4. The molecule has 0 fully saturated rings. The normalized spacial score (nSPS) is 13.6. The van der Waals surface area contributed by atoms with Crippen molar-refractivity contribution in [2.24, 2.45) is 0 Å². The highest BCUT2D eigenvalue weighted by Crippen LogP contribution is 2.51. The minimum atomic E-state index is -0.912. The first kappa shape index (κ1) is 20.7. The number of unbranched alkanes of at least 4 members (excludes halogenated alkanes) is 1. The van der Waals surface area contributed by atoms with Crippen LogP contribution in [0.3, 0.4) is 0 Å². The highest BCUT2D eigenvalue weighted by Gasteiger charge is 2.48. The summed E-state index contributed by atoms with van der Waals surface area (Å²) in [6, 6.07) is 19.8. The first-order chi connectivity index (χ1) is 14.6. The molecule has 1 aliphatic rings. The van der Waals surface area contributed by atoms with Crippen molar-refractivity contribution in [1.29, 1.82) is 0 Å². The molecule has 0 atom stereocenters. The van der Waals surface area contributed by atoms with E-state index in [1.54, 1.807) is 0 Å². The molecule has 0 aromatic heterocycles. The van der Waals surface area contributed by atoms with Crippen molar-refractivity contribution in [3.63, 3.8) is 0 Å². The second kappa shape index (κ2) is 8.68. The lowest BCUT2D eigenvalue weighted by molar-refractivity contribution is -0.125. The van der Waals surface area contributed by atoms with E-state index in [0.29, 0.717) is 12.0 Å². The van der Waals surface area contributed by atoms with Crippen LogP contribution in [0.5, 0.6) is 0 Å². The van der Waals surface area contributed by atoms with Gasteiger partial charge in [-0.2, -0.15) is 0 Å². The van der Waals surface area contributed by atoms with E-state index in [0.717, 1.165) is 52.6 Å². The first-order valence-corrected chi connectivity index (χ1v) is 11.2. The van der Waals surface area contributed by atoms with E-state index in [-0.39, 0.29) is 12.5 Å². The third-order valence-corrected chi connectivity index (χ3v) is 6.38. The van der Waals surface area contributed by atoms with E-state index < -0.39 is 17.0 Å². The van der Waals surface area contributed by atoms with Gasteiger partial charge in [-0.3, -0.25) is 4.79 Å². The number of fused-ring (bicyclic) bond motifs is 3. The van der Waals surface area contributed by atoms with Crippen LogP contribution in [0, 0.1) is 11.6 Å². The fourth-order valence-corrected chi connectivity index (χ4v) is 4.82. The number of alkyl halides is 1. The SMILES string of the molecule is O=C(NCc1ccc(F)c(F)c1)C1(CCCCBr)c2ccccc2-c2ccccc21. The van der Waals surface area contributed by atoms with Gasteiger partial charge in [0.1, 0.15) is 5.41 Å². The number of benzene rings is 3. The maximum absolute atomic E-state index is 13.7. The molecule has 3 aromatic carbocycles. The minimum Gasteiger partial charge on any atom is -0.351 e. The van der Waals surface area contributed by atoms with Crippen molar-refractivity contribution in [2.75, 3.05) is 5.33 Å². The molecule has 4 rings (SSSR count). The number of halogens is 3. The number of amides is 1. The number of hydrogen-bond acceptors (Lipinski definition) is 1. The molecule has 0 aliphatic heterocycles. The van der Waals surface area contributed by atoms with E-state index in [4.69, 9.17) is 0 Å². The molecule has 0 spiro atoms. The van der Waals surface area contributed by atoms with Gasteiger partial charge in [-0.25, -0.2) is 8.78 Å². The molecule has 3 aromatic rings. The van der Waals surface area contributed by atoms with Crippen molar-refractivity contribution >= 4 is 21.8 Å². The summed E-state index contributed by atoms with van der Waals surface area (Å²) < 4.78 is 26.8. The van der Waals surface area contributed by atoms with Crippen LogP contribution in [0.25, 0.3) is 11.1 Å². The van der Waals surface area contributed by atoms with E-state index >= 15 is 0 Å². The Kier molecular flexibility index (Phi) is 6.00.